The fourth-order valence-electron chi connectivity index (χ4n) is 8.43. The third-order valence-electron chi connectivity index (χ3n) is 11.5. The van der Waals surface area contributed by atoms with Crippen molar-refractivity contribution in [3.63, 3.8) is 0 Å². The van der Waals surface area contributed by atoms with Crippen LogP contribution in [0.5, 0.6) is 0 Å². The molecule has 3 fully saturated rings. The number of H-pyrrole nitrogens is 2. The van der Waals surface area contributed by atoms with Crippen molar-refractivity contribution in [1.82, 2.24) is 40.0 Å². The van der Waals surface area contributed by atoms with Crippen LogP contribution in [0.4, 0.5) is 9.59 Å². The van der Waals surface area contributed by atoms with Gasteiger partial charge >= 0.3 is 12.2 Å². The number of carbonyl (C=O) groups excluding carboxylic acids is 4. The number of amides is 4. The number of cyclic esters (lactones) is 1. The Morgan fingerprint density at radius 3 is 1.78 bits per heavy atom. The molecule has 308 valence electrons. The van der Waals surface area contributed by atoms with Gasteiger partial charge in [0.15, 0.2) is 0 Å². The maximum atomic E-state index is 13.9. The van der Waals surface area contributed by atoms with Gasteiger partial charge in [0.2, 0.25) is 5.91 Å². The molecule has 14 heteroatoms. The molecule has 3 aliphatic rings. The standard InChI is InChI=1S/C46H48N8O6/c1-29(2)40(54-25-26-60-46(54)58)44(56)53-24-8-12-38(53)42-48-28-36(50-42)33-21-17-31(18-22-33)14-13-30-15-19-32(20-16-30)35-27-47-41(49-35)37-11-7-23-52(37)43(55)39(51-45(57)59-3)34-9-5-4-6-10-34/h4-6,9-10,15-22,27-29,37-40H,7-8,11-12,23-26H2,1-3H3,(H,47,49)(H,48,50)(H,51,57). The smallest absolute Gasteiger partial charge is 0.410 e. The van der Waals surface area contributed by atoms with E-state index in [0.717, 1.165) is 65.1 Å². The predicted molar refractivity (Wildman–Crippen MR) is 223 cm³/mol. The van der Waals surface area contributed by atoms with Crippen LogP contribution < -0.4 is 5.32 Å². The van der Waals surface area contributed by atoms with Crippen molar-refractivity contribution in [2.45, 2.75) is 63.7 Å². The maximum absolute atomic E-state index is 13.9. The van der Waals surface area contributed by atoms with E-state index >= 15 is 0 Å². The number of aromatic nitrogens is 4. The largest absolute Gasteiger partial charge is 0.453 e. The summed E-state index contributed by atoms with van der Waals surface area (Å²) >= 11 is 0. The van der Waals surface area contributed by atoms with E-state index in [-0.39, 0.29) is 29.8 Å². The Hall–Kier alpha value is -6.88. The number of methoxy groups -OCH3 is 1. The van der Waals surface area contributed by atoms with Crippen molar-refractivity contribution in [2.75, 3.05) is 33.4 Å². The van der Waals surface area contributed by atoms with E-state index in [2.05, 4.69) is 37.1 Å². The molecule has 2 aromatic heterocycles. The van der Waals surface area contributed by atoms with E-state index in [4.69, 9.17) is 9.47 Å². The first-order valence-corrected chi connectivity index (χ1v) is 20.4. The maximum Gasteiger partial charge on any atom is 0.410 e. The molecule has 3 N–H and O–H groups in total. The quantitative estimate of drug-likeness (QED) is 0.130. The number of likely N-dealkylation sites (tertiary alicyclic amines) is 2. The van der Waals surface area contributed by atoms with Gasteiger partial charge in [0.1, 0.15) is 30.3 Å². The van der Waals surface area contributed by atoms with Gasteiger partial charge in [-0.3, -0.25) is 14.5 Å². The highest BCUT2D eigenvalue weighted by Gasteiger charge is 2.43. The molecule has 0 saturated carbocycles. The van der Waals surface area contributed by atoms with Crippen LogP contribution in [0.1, 0.15) is 86.0 Å². The van der Waals surface area contributed by atoms with Crippen molar-refractivity contribution in [1.29, 1.82) is 0 Å². The molecule has 4 unspecified atom stereocenters. The number of carbonyl (C=O) groups is 4. The van der Waals surface area contributed by atoms with Crippen LogP contribution >= 0.6 is 0 Å². The lowest BCUT2D eigenvalue weighted by Gasteiger charge is -2.33. The molecule has 8 rings (SSSR count). The SMILES string of the molecule is COC(=O)NC(C(=O)N1CCCC1c1ncc(-c2ccc(C#Cc3ccc(-c4cnc(C5CCCN5C(=O)C(C(C)C)N5CCOC5=O)[nH]4)cc3)cc2)[nH]1)c1ccccc1. The summed E-state index contributed by atoms with van der Waals surface area (Å²) in [7, 11) is 1.28. The molecule has 0 aliphatic carbocycles. The summed E-state index contributed by atoms with van der Waals surface area (Å²) in [6.45, 7) is 5.81. The predicted octanol–water partition coefficient (Wildman–Crippen LogP) is 6.77. The average molecular weight is 809 g/mol. The number of rotatable bonds is 10. The highest BCUT2D eigenvalue weighted by molar-refractivity contribution is 5.88. The van der Waals surface area contributed by atoms with Gasteiger partial charge in [0, 0.05) is 24.2 Å². The Morgan fingerprint density at radius 2 is 1.30 bits per heavy atom. The van der Waals surface area contributed by atoms with Gasteiger partial charge in [-0.15, -0.1) is 0 Å². The van der Waals surface area contributed by atoms with E-state index in [1.54, 1.807) is 22.2 Å². The van der Waals surface area contributed by atoms with Gasteiger partial charge in [0.25, 0.3) is 5.91 Å². The first-order chi connectivity index (χ1) is 29.2. The average Bonchev–Trinajstić information content (AvgIpc) is 4.13. The molecule has 3 aliphatic heterocycles. The number of imidazole rings is 2. The minimum absolute atomic E-state index is 0.0524. The van der Waals surface area contributed by atoms with E-state index in [1.165, 1.54) is 7.11 Å². The fraction of sp³-hybridized carbons (Fsp3) is 0.348. The first-order valence-electron chi connectivity index (χ1n) is 20.4. The van der Waals surface area contributed by atoms with E-state index < -0.39 is 24.3 Å². The number of ether oxygens (including phenoxy) is 2. The van der Waals surface area contributed by atoms with E-state index in [0.29, 0.717) is 37.6 Å². The zero-order valence-electron chi connectivity index (χ0n) is 33.9. The van der Waals surface area contributed by atoms with Gasteiger partial charge in [-0.1, -0.05) is 80.3 Å². The lowest BCUT2D eigenvalue weighted by atomic mass is 10.0. The van der Waals surface area contributed by atoms with Crippen LogP contribution in [-0.4, -0.2) is 98.0 Å². The first kappa shape index (κ1) is 39.9. The van der Waals surface area contributed by atoms with Crippen LogP contribution in [0.3, 0.4) is 0 Å². The molecule has 0 radical (unpaired) electrons. The second kappa shape index (κ2) is 17.5. The van der Waals surface area contributed by atoms with Crippen molar-refractivity contribution < 1.29 is 28.7 Å². The monoisotopic (exact) mass is 808 g/mol. The highest BCUT2D eigenvalue weighted by Crippen LogP contribution is 2.35. The van der Waals surface area contributed by atoms with Crippen molar-refractivity contribution >= 4 is 24.0 Å². The Labute approximate surface area is 348 Å². The van der Waals surface area contributed by atoms with Crippen LogP contribution in [0.15, 0.2) is 91.3 Å². The van der Waals surface area contributed by atoms with Crippen LogP contribution in [-0.2, 0) is 19.1 Å². The zero-order chi connectivity index (χ0) is 41.8. The molecule has 3 saturated heterocycles. The highest BCUT2D eigenvalue weighted by atomic mass is 16.6. The third-order valence-corrected chi connectivity index (χ3v) is 11.5. The van der Waals surface area contributed by atoms with E-state index in [1.807, 2.05) is 97.6 Å². The summed E-state index contributed by atoms with van der Waals surface area (Å²) in [4.78, 5) is 73.7. The second-order valence-electron chi connectivity index (χ2n) is 15.6. The van der Waals surface area contributed by atoms with Gasteiger partial charge in [-0.2, -0.15) is 0 Å². The molecule has 14 nitrogen and oxygen atoms in total. The van der Waals surface area contributed by atoms with Crippen molar-refractivity contribution in [2.24, 2.45) is 5.92 Å². The lowest BCUT2D eigenvalue weighted by molar-refractivity contribution is -0.138. The Bertz CT molecular complexity index is 2400. The summed E-state index contributed by atoms with van der Waals surface area (Å²) < 4.78 is 9.97. The minimum atomic E-state index is -0.882. The Morgan fingerprint density at radius 1 is 0.767 bits per heavy atom. The van der Waals surface area contributed by atoms with Crippen LogP contribution in [0.2, 0.25) is 0 Å². The summed E-state index contributed by atoms with van der Waals surface area (Å²) in [5.74, 6) is 7.61. The van der Waals surface area contributed by atoms with Gasteiger partial charge in [-0.05, 0) is 72.6 Å². The summed E-state index contributed by atoms with van der Waals surface area (Å²) in [5, 5.41) is 2.71. The Kier molecular flexibility index (Phi) is 11.7. The zero-order valence-corrected chi connectivity index (χ0v) is 33.9. The molecule has 3 aromatic carbocycles. The van der Waals surface area contributed by atoms with Crippen LogP contribution in [0.25, 0.3) is 22.5 Å². The number of hydrogen-bond donors (Lipinski definition) is 3. The summed E-state index contributed by atoms with van der Waals surface area (Å²) in [6, 6.07) is 23.1. The molecular formula is C46H48N8O6. The molecule has 5 heterocycles. The number of alkyl carbamates (subject to hydrolysis) is 1. The second-order valence-corrected chi connectivity index (χ2v) is 15.6. The molecule has 0 bridgehead atoms. The van der Waals surface area contributed by atoms with Crippen molar-refractivity contribution in [3.8, 4) is 34.4 Å². The van der Waals surface area contributed by atoms with Gasteiger partial charge in [0.05, 0.1) is 49.5 Å². The molecule has 0 spiro atoms. The third kappa shape index (κ3) is 8.34. The molecule has 5 aromatic rings. The van der Waals surface area contributed by atoms with Crippen molar-refractivity contribution in [3.05, 3.63) is 120 Å². The van der Waals surface area contributed by atoms with Crippen LogP contribution in [0, 0.1) is 17.8 Å². The number of aromatic amines is 2. The summed E-state index contributed by atoms with van der Waals surface area (Å²) in [5.41, 5.74) is 5.97. The number of nitrogens with zero attached hydrogens (tertiary/aromatic N) is 5. The molecule has 4 atom stereocenters. The van der Waals surface area contributed by atoms with E-state index in [9.17, 15) is 19.2 Å². The molecular weight excluding hydrogens is 761 g/mol. The fourth-order valence-corrected chi connectivity index (χ4v) is 8.43. The number of hydrogen-bond acceptors (Lipinski definition) is 8. The Balaban J connectivity index is 0.898. The lowest BCUT2D eigenvalue weighted by Crippen LogP contribution is -2.51. The van der Waals surface area contributed by atoms with Gasteiger partial charge in [-0.25, -0.2) is 19.6 Å². The summed E-state index contributed by atoms with van der Waals surface area (Å²) in [6.07, 6.45) is 5.70. The molecule has 60 heavy (non-hydrogen) atoms. The topological polar surface area (TPSA) is 166 Å². The minimum Gasteiger partial charge on any atom is -0.453 e. The number of nitrogens with one attached hydrogen (secondary N) is 3. The van der Waals surface area contributed by atoms with Gasteiger partial charge < -0.3 is 34.6 Å². The molecule has 4 amide bonds. The number of benzene rings is 3. The normalized spacial score (nSPS) is 18.5.